The summed E-state index contributed by atoms with van der Waals surface area (Å²) in [5.41, 5.74) is 2.55. The first kappa shape index (κ1) is 13.4. The summed E-state index contributed by atoms with van der Waals surface area (Å²) in [6.45, 7) is 0. The Morgan fingerprint density at radius 2 is 1.83 bits per heavy atom. The number of nitrogens with one attached hydrogen (secondary N) is 2. The Morgan fingerprint density at radius 3 is 2.65 bits per heavy atom. The second kappa shape index (κ2) is 5.49. The van der Waals surface area contributed by atoms with Crippen LogP contribution in [-0.2, 0) is 0 Å². The molecule has 2 aromatic carbocycles. The largest absolute Gasteiger partial charge is 0.322 e. The minimum Gasteiger partial charge on any atom is -0.322 e. The monoisotopic (exact) mass is 305 g/mol. The Morgan fingerprint density at radius 1 is 1.00 bits per heavy atom. The van der Waals surface area contributed by atoms with Gasteiger partial charge in [-0.05, 0) is 24.3 Å². The van der Waals surface area contributed by atoms with Crippen molar-refractivity contribution in [3.8, 4) is 11.3 Å². The van der Waals surface area contributed by atoms with Gasteiger partial charge in [-0.15, -0.1) is 5.10 Å². The Labute approximate surface area is 131 Å². The molecule has 4 rings (SSSR count). The van der Waals surface area contributed by atoms with Crippen molar-refractivity contribution in [1.82, 2.24) is 20.2 Å². The molecule has 0 atom stereocenters. The average molecular weight is 305 g/mol. The highest BCUT2D eigenvalue weighted by atomic mass is 19.1. The summed E-state index contributed by atoms with van der Waals surface area (Å²) in [5, 5.41) is 10.7. The average Bonchev–Trinajstić information content (AvgIpc) is 3.08. The molecule has 5 nitrogen and oxygen atoms in total. The van der Waals surface area contributed by atoms with Crippen LogP contribution in [0.15, 0.2) is 60.9 Å². The number of fused-ring (bicyclic) bond motifs is 1. The molecule has 0 radical (unpaired) electrons. The molecule has 0 aliphatic rings. The number of hydrogen-bond donors (Lipinski definition) is 2. The number of pyridine rings is 1. The molecule has 2 aromatic heterocycles. The highest BCUT2D eigenvalue weighted by Crippen LogP contribution is 2.30. The number of rotatable bonds is 3. The highest BCUT2D eigenvalue weighted by Gasteiger charge is 2.11. The first-order chi connectivity index (χ1) is 11.3. The number of para-hydroxylation sites is 1. The number of anilines is 2. The van der Waals surface area contributed by atoms with Crippen molar-refractivity contribution in [2.75, 3.05) is 5.32 Å². The predicted octanol–water partition coefficient (Wildman–Crippen LogP) is 3.90. The molecule has 0 saturated heterocycles. The van der Waals surface area contributed by atoms with Crippen LogP contribution in [0.5, 0.6) is 0 Å². The highest BCUT2D eigenvalue weighted by molar-refractivity contribution is 5.94. The van der Waals surface area contributed by atoms with Crippen LogP contribution in [-0.4, -0.2) is 20.2 Å². The molecule has 2 N–H and O–H groups in total. The van der Waals surface area contributed by atoms with E-state index in [2.05, 4.69) is 25.5 Å². The van der Waals surface area contributed by atoms with Crippen LogP contribution in [0, 0.1) is 5.82 Å². The summed E-state index contributed by atoms with van der Waals surface area (Å²) in [6, 6.07) is 16.1. The lowest BCUT2D eigenvalue weighted by Crippen LogP contribution is -1.97. The van der Waals surface area contributed by atoms with Gasteiger partial charge in [-0.2, -0.15) is 0 Å². The van der Waals surface area contributed by atoms with E-state index < -0.39 is 0 Å². The fourth-order valence-corrected chi connectivity index (χ4v) is 2.48. The first-order valence-electron chi connectivity index (χ1n) is 7.09. The lowest BCUT2D eigenvalue weighted by molar-refractivity contribution is 0.631. The molecule has 112 valence electrons. The van der Waals surface area contributed by atoms with Crippen molar-refractivity contribution in [3.63, 3.8) is 0 Å². The van der Waals surface area contributed by atoms with E-state index >= 15 is 0 Å². The SMILES string of the molecule is Fc1ccccc1-c1cc(Nc2nc[nH]n2)c2ccccc2n1. The zero-order valence-electron chi connectivity index (χ0n) is 12.0. The maximum Gasteiger partial charge on any atom is 0.246 e. The van der Waals surface area contributed by atoms with Crippen LogP contribution in [0.25, 0.3) is 22.2 Å². The van der Waals surface area contributed by atoms with E-state index in [9.17, 15) is 4.39 Å². The lowest BCUT2D eigenvalue weighted by atomic mass is 10.1. The molecule has 4 aromatic rings. The van der Waals surface area contributed by atoms with Gasteiger partial charge >= 0.3 is 0 Å². The number of H-pyrrole nitrogens is 1. The minimum atomic E-state index is -0.306. The fraction of sp³-hybridized carbons (Fsp3) is 0. The zero-order valence-corrected chi connectivity index (χ0v) is 12.0. The molecule has 2 heterocycles. The van der Waals surface area contributed by atoms with Crippen LogP contribution in [0.4, 0.5) is 16.0 Å². The second-order valence-electron chi connectivity index (χ2n) is 5.00. The van der Waals surface area contributed by atoms with Gasteiger partial charge in [0, 0.05) is 10.9 Å². The molecular formula is C17H12FN5. The Bertz CT molecular complexity index is 966. The third-order valence-electron chi connectivity index (χ3n) is 3.53. The van der Waals surface area contributed by atoms with Gasteiger partial charge in [0.2, 0.25) is 5.95 Å². The van der Waals surface area contributed by atoms with Gasteiger partial charge in [0.25, 0.3) is 0 Å². The van der Waals surface area contributed by atoms with Crippen LogP contribution in [0.1, 0.15) is 0 Å². The van der Waals surface area contributed by atoms with Gasteiger partial charge < -0.3 is 5.32 Å². The van der Waals surface area contributed by atoms with Crippen molar-refractivity contribution in [2.24, 2.45) is 0 Å². The van der Waals surface area contributed by atoms with Crippen LogP contribution >= 0.6 is 0 Å². The molecule has 0 aliphatic carbocycles. The summed E-state index contributed by atoms with van der Waals surface area (Å²) in [7, 11) is 0. The normalized spacial score (nSPS) is 10.8. The summed E-state index contributed by atoms with van der Waals surface area (Å²) in [6.07, 6.45) is 1.49. The maximum absolute atomic E-state index is 14.1. The fourth-order valence-electron chi connectivity index (χ4n) is 2.48. The first-order valence-corrected chi connectivity index (χ1v) is 7.09. The van der Waals surface area contributed by atoms with Crippen molar-refractivity contribution in [3.05, 3.63) is 66.7 Å². The number of benzene rings is 2. The van der Waals surface area contributed by atoms with Crippen molar-refractivity contribution < 1.29 is 4.39 Å². The number of aromatic amines is 1. The summed E-state index contributed by atoms with van der Waals surface area (Å²) < 4.78 is 14.1. The molecule has 0 aliphatic heterocycles. The molecule has 0 saturated carbocycles. The van der Waals surface area contributed by atoms with Crippen molar-refractivity contribution in [1.29, 1.82) is 0 Å². The topological polar surface area (TPSA) is 66.5 Å². The standard InChI is InChI=1S/C17H12FN5/c18-13-7-3-1-5-11(13)15-9-16(22-17-19-10-20-23-17)12-6-2-4-8-14(12)21-15/h1-10H,(H2,19,20,21,22,23). The smallest absolute Gasteiger partial charge is 0.246 e. The molecular weight excluding hydrogens is 293 g/mol. The summed E-state index contributed by atoms with van der Waals surface area (Å²) in [5.74, 6) is 0.139. The van der Waals surface area contributed by atoms with Crippen molar-refractivity contribution in [2.45, 2.75) is 0 Å². The summed E-state index contributed by atoms with van der Waals surface area (Å²) in [4.78, 5) is 8.63. The maximum atomic E-state index is 14.1. The molecule has 6 heteroatoms. The molecule has 0 fully saturated rings. The minimum absolute atomic E-state index is 0.306. The quantitative estimate of drug-likeness (QED) is 0.602. The third kappa shape index (κ3) is 2.50. The number of hydrogen-bond acceptors (Lipinski definition) is 4. The molecule has 0 spiro atoms. The van der Waals surface area contributed by atoms with Gasteiger partial charge in [-0.25, -0.2) is 14.4 Å². The van der Waals surface area contributed by atoms with E-state index in [1.165, 1.54) is 12.4 Å². The number of aromatic nitrogens is 4. The van der Waals surface area contributed by atoms with E-state index in [0.717, 1.165) is 16.6 Å². The van der Waals surface area contributed by atoms with Gasteiger partial charge in [-0.1, -0.05) is 30.3 Å². The molecule has 0 amide bonds. The third-order valence-corrected chi connectivity index (χ3v) is 3.53. The molecule has 0 bridgehead atoms. The van der Waals surface area contributed by atoms with Gasteiger partial charge in [0.15, 0.2) is 0 Å². The Balaban J connectivity index is 1.91. The summed E-state index contributed by atoms with van der Waals surface area (Å²) >= 11 is 0. The van der Waals surface area contributed by atoms with E-state index in [0.29, 0.717) is 17.2 Å². The number of nitrogens with zero attached hydrogens (tertiary/aromatic N) is 3. The molecule has 0 unspecified atom stereocenters. The van der Waals surface area contributed by atoms with E-state index in [1.807, 2.05) is 24.3 Å². The molecule has 23 heavy (non-hydrogen) atoms. The Hall–Kier alpha value is -3.28. The van der Waals surface area contributed by atoms with Crippen LogP contribution < -0.4 is 5.32 Å². The van der Waals surface area contributed by atoms with E-state index in [-0.39, 0.29) is 5.82 Å². The lowest BCUT2D eigenvalue weighted by Gasteiger charge is -2.10. The van der Waals surface area contributed by atoms with Crippen molar-refractivity contribution >= 4 is 22.5 Å². The number of halogens is 1. The predicted molar refractivity (Wildman–Crippen MR) is 86.8 cm³/mol. The van der Waals surface area contributed by atoms with E-state index in [1.54, 1.807) is 24.3 Å². The zero-order chi connectivity index (χ0) is 15.6. The Kier molecular flexibility index (Phi) is 3.20. The second-order valence-corrected chi connectivity index (χ2v) is 5.00. The van der Waals surface area contributed by atoms with Crippen LogP contribution in [0.2, 0.25) is 0 Å². The van der Waals surface area contributed by atoms with Gasteiger partial charge in [0.05, 0.1) is 16.9 Å². The van der Waals surface area contributed by atoms with Gasteiger partial charge in [-0.3, -0.25) is 5.10 Å². The van der Waals surface area contributed by atoms with Gasteiger partial charge in [0.1, 0.15) is 12.1 Å². The van der Waals surface area contributed by atoms with E-state index in [4.69, 9.17) is 0 Å². The van der Waals surface area contributed by atoms with Crippen LogP contribution in [0.3, 0.4) is 0 Å².